The molecule has 1 fully saturated rings. The van der Waals surface area contributed by atoms with E-state index in [9.17, 15) is 0 Å². The van der Waals surface area contributed by atoms with Crippen molar-refractivity contribution in [1.29, 1.82) is 0 Å². The molecule has 1 aliphatic heterocycles. The number of allylic oxidation sites excluding steroid dienone is 7. The molecular formula is C38H66N4O2. The highest BCUT2D eigenvalue weighted by atomic mass is 16.1. The second-order valence-corrected chi connectivity index (χ2v) is 10.0. The molecule has 44 heavy (non-hydrogen) atoms. The van der Waals surface area contributed by atoms with Gasteiger partial charge in [-0.1, -0.05) is 83.2 Å². The molecule has 1 saturated heterocycles. The largest absolute Gasteiger partial charge is 0.333 e. The predicted molar refractivity (Wildman–Crippen MR) is 196 cm³/mol. The maximum absolute atomic E-state index is 8.00. The lowest BCUT2D eigenvalue weighted by molar-refractivity contribution is -0.0987. The summed E-state index contributed by atoms with van der Waals surface area (Å²) in [5.41, 5.74) is 13.0. The highest BCUT2D eigenvalue weighted by molar-refractivity contribution is 5.57. The van der Waals surface area contributed by atoms with Gasteiger partial charge >= 0.3 is 0 Å². The fraction of sp³-hybridized carbons (Fsp3) is 0.500. The van der Waals surface area contributed by atoms with Gasteiger partial charge in [0.15, 0.2) is 0 Å². The average molecular weight is 611 g/mol. The Kier molecular flexibility index (Phi) is 35.2. The molecule has 0 radical (unpaired) electrons. The van der Waals surface area contributed by atoms with Gasteiger partial charge in [-0.05, 0) is 128 Å². The number of hydrogen-bond acceptors (Lipinski definition) is 5. The van der Waals surface area contributed by atoms with Crippen molar-refractivity contribution in [2.24, 2.45) is 11.7 Å². The van der Waals surface area contributed by atoms with E-state index < -0.39 is 0 Å². The van der Waals surface area contributed by atoms with E-state index in [1.54, 1.807) is 0 Å². The third kappa shape index (κ3) is 22.2. The van der Waals surface area contributed by atoms with E-state index in [2.05, 4.69) is 120 Å². The molecule has 1 aromatic carbocycles. The molecule has 0 aliphatic carbocycles. The minimum atomic E-state index is 0.978. The third-order valence-corrected chi connectivity index (χ3v) is 6.66. The maximum atomic E-state index is 8.00. The van der Waals surface area contributed by atoms with E-state index in [1.807, 2.05) is 51.3 Å². The Morgan fingerprint density at radius 2 is 1.48 bits per heavy atom. The molecule has 0 atom stereocenters. The summed E-state index contributed by atoms with van der Waals surface area (Å²) in [5, 5.41) is 4.31. The molecule has 3 rings (SSSR count). The first-order valence-electron chi connectivity index (χ1n) is 15.7. The average Bonchev–Trinajstić information content (AvgIpc) is 3.50. The van der Waals surface area contributed by atoms with E-state index >= 15 is 0 Å². The van der Waals surface area contributed by atoms with Crippen molar-refractivity contribution in [3.63, 3.8) is 0 Å². The van der Waals surface area contributed by atoms with E-state index in [-0.39, 0.29) is 0 Å². The fourth-order valence-electron chi connectivity index (χ4n) is 4.17. The van der Waals surface area contributed by atoms with Crippen LogP contribution in [0.15, 0.2) is 78.1 Å². The van der Waals surface area contributed by atoms with Crippen molar-refractivity contribution in [2.75, 3.05) is 27.2 Å². The van der Waals surface area contributed by atoms with Crippen LogP contribution in [0.25, 0.3) is 5.70 Å². The molecule has 0 saturated carbocycles. The minimum absolute atomic E-state index is 0.978. The molecule has 2 aromatic rings. The smallest absolute Gasteiger partial charge is 0.106 e. The molecule has 250 valence electrons. The molecule has 2 heterocycles. The number of benzene rings is 1. The second-order valence-electron chi connectivity index (χ2n) is 10.0. The number of rotatable bonds is 6. The zero-order valence-corrected chi connectivity index (χ0v) is 30.4. The van der Waals surface area contributed by atoms with Gasteiger partial charge in [-0.2, -0.15) is 5.10 Å². The zero-order chi connectivity index (χ0) is 35.1. The number of aryl methyl sites for hydroxylation is 3. The predicted octanol–water partition coefficient (Wildman–Crippen LogP) is 9.05. The van der Waals surface area contributed by atoms with E-state index in [0.717, 1.165) is 35.7 Å². The van der Waals surface area contributed by atoms with E-state index in [4.69, 9.17) is 9.59 Å². The standard InChI is InChI=1S/C17H24N2.C9H12.C7H15N.C2H6.CH5N.2CH2O/c1-7-9-13(3)17(8-2)14(4)12-16(6)19-15(5)10-11-18-19;1-3-9-6-4-8(2)5-7-9;1-7-3-5-8(2)6-4-7;4*1-2/h8-12H,4,7H2,1-3,5-6H3;4-7H,3H2,1-2H3;7H,3-6H2,1-2H3;1-2H3;2H2,1H3;2*1H2/b13-9-,16-12-,17-8+;;;;;;. The summed E-state index contributed by atoms with van der Waals surface area (Å²) < 4.78 is 1.93. The Morgan fingerprint density at radius 1 is 0.977 bits per heavy atom. The number of aromatic nitrogens is 2. The van der Waals surface area contributed by atoms with Crippen LogP contribution in [0, 0.1) is 19.8 Å². The van der Waals surface area contributed by atoms with Crippen LogP contribution < -0.4 is 5.73 Å². The molecular weight excluding hydrogens is 544 g/mol. The second kappa shape index (κ2) is 32.6. The summed E-state index contributed by atoms with van der Waals surface area (Å²) in [6, 6.07) is 10.7. The zero-order valence-electron chi connectivity index (χ0n) is 30.4. The van der Waals surface area contributed by atoms with Crippen molar-refractivity contribution in [2.45, 2.75) is 94.9 Å². The SMILES string of the molecule is C=C(/C=C(/C)n1nccc1C)C(=C/C)/C(C)=C\CC.C=O.C=O.CC.CC1CCN(C)CC1.CCc1ccc(C)cc1.CN. The van der Waals surface area contributed by atoms with Gasteiger partial charge in [-0.15, -0.1) is 0 Å². The normalized spacial score (nSPS) is 13.2. The van der Waals surface area contributed by atoms with Gasteiger partial charge in [-0.25, -0.2) is 4.68 Å². The van der Waals surface area contributed by atoms with E-state index in [0.29, 0.717) is 0 Å². The van der Waals surface area contributed by atoms with Crippen molar-refractivity contribution in [3.8, 4) is 0 Å². The van der Waals surface area contributed by atoms with Crippen LogP contribution >= 0.6 is 0 Å². The van der Waals surface area contributed by atoms with E-state index in [1.165, 1.54) is 55.3 Å². The van der Waals surface area contributed by atoms with Gasteiger partial charge < -0.3 is 20.2 Å². The van der Waals surface area contributed by atoms with Crippen LogP contribution in [-0.4, -0.2) is 55.4 Å². The molecule has 0 amide bonds. The Hall–Kier alpha value is -3.35. The summed E-state index contributed by atoms with van der Waals surface area (Å²) in [5.74, 6) is 0.978. The van der Waals surface area contributed by atoms with Gasteiger partial charge in [0.2, 0.25) is 0 Å². The third-order valence-electron chi connectivity index (χ3n) is 6.66. The molecule has 6 nitrogen and oxygen atoms in total. The molecule has 1 aromatic heterocycles. The lowest BCUT2D eigenvalue weighted by Crippen LogP contribution is -2.28. The molecule has 0 unspecified atom stereocenters. The molecule has 0 spiro atoms. The molecule has 6 heteroatoms. The van der Waals surface area contributed by atoms with Crippen LogP contribution in [0.4, 0.5) is 0 Å². The first-order chi connectivity index (χ1) is 21.1. The number of nitrogens with two attached hydrogens (primary N) is 1. The van der Waals surface area contributed by atoms with Crippen LogP contribution in [0.3, 0.4) is 0 Å². The lowest BCUT2D eigenvalue weighted by Gasteiger charge is -2.26. The number of carbonyl (C=O) groups is 2. The van der Waals surface area contributed by atoms with Crippen LogP contribution in [0.5, 0.6) is 0 Å². The Balaban J connectivity index is -0.000000267. The first kappa shape index (κ1) is 47.6. The maximum Gasteiger partial charge on any atom is 0.106 e. The van der Waals surface area contributed by atoms with Crippen molar-refractivity contribution in [1.82, 2.24) is 14.7 Å². The number of piperidine rings is 1. The monoisotopic (exact) mass is 611 g/mol. The number of carbonyl (C=O) groups excluding carboxylic acids is 2. The van der Waals surface area contributed by atoms with Crippen LogP contribution in [0.1, 0.15) is 91.5 Å². The van der Waals surface area contributed by atoms with Crippen LogP contribution in [-0.2, 0) is 16.0 Å². The molecule has 2 N–H and O–H groups in total. The highest BCUT2D eigenvalue weighted by Gasteiger charge is 2.10. The Labute approximate surface area is 271 Å². The van der Waals surface area contributed by atoms with Gasteiger partial charge in [0.25, 0.3) is 0 Å². The quantitative estimate of drug-likeness (QED) is 0.330. The summed E-state index contributed by atoms with van der Waals surface area (Å²) in [7, 11) is 3.70. The Bertz CT molecular complexity index is 1030. The first-order valence-corrected chi connectivity index (χ1v) is 15.7. The summed E-state index contributed by atoms with van der Waals surface area (Å²) in [4.78, 5) is 18.4. The number of hydrogen-bond donors (Lipinski definition) is 1. The summed E-state index contributed by atoms with van der Waals surface area (Å²) >= 11 is 0. The molecule has 0 bridgehead atoms. The summed E-state index contributed by atoms with van der Waals surface area (Å²) in [6.07, 6.45) is 13.2. The van der Waals surface area contributed by atoms with Crippen molar-refractivity contribution < 1.29 is 9.59 Å². The van der Waals surface area contributed by atoms with Crippen LogP contribution in [0.2, 0.25) is 0 Å². The molecule has 1 aliphatic rings. The van der Waals surface area contributed by atoms with Gasteiger partial charge in [0, 0.05) is 17.6 Å². The number of likely N-dealkylation sites (tertiary alicyclic amines) is 1. The van der Waals surface area contributed by atoms with Crippen molar-refractivity contribution in [3.05, 3.63) is 94.9 Å². The summed E-state index contributed by atoms with van der Waals surface area (Å²) in [6.45, 7) is 31.8. The van der Waals surface area contributed by atoms with Gasteiger partial charge in [0.05, 0.1) is 0 Å². The van der Waals surface area contributed by atoms with Crippen molar-refractivity contribution >= 4 is 19.3 Å². The topological polar surface area (TPSA) is 81.2 Å². The fourth-order valence-corrected chi connectivity index (χ4v) is 4.17. The highest BCUT2D eigenvalue weighted by Crippen LogP contribution is 2.22. The minimum Gasteiger partial charge on any atom is -0.333 e. The number of nitrogens with zero attached hydrogens (tertiary/aromatic N) is 3. The van der Waals surface area contributed by atoms with Gasteiger partial charge in [-0.3, -0.25) is 0 Å². The van der Waals surface area contributed by atoms with Gasteiger partial charge in [0.1, 0.15) is 13.6 Å². The Morgan fingerprint density at radius 3 is 1.84 bits per heavy atom. The lowest BCUT2D eigenvalue weighted by atomic mass is 9.98.